The van der Waals surface area contributed by atoms with Crippen molar-refractivity contribution in [1.29, 1.82) is 0 Å². The third-order valence-electron chi connectivity index (χ3n) is 6.00. The number of fused-ring (bicyclic) bond motifs is 1. The van der Waals surface area contributed by atoms with E-state index >= 15 is 0 Å². The van der Waals surface area contributed by atoms with Gasteiger partial charge in [-0.05, 0) is 63.9 Å². The molecule has 4 aromatic rings. The maximum atomic E-state index is 12.4. The van der Waals surface area contributed by atoms with E-state index in [0.29, 0.717) is 16.3 Å². The number of ether oxygens (including phenoxy) is 1. The van der Waals surface area contributed by atoms with E-state index in [1.807, 2.05) is 64.2 Å². The molecule has 1 amide bonds. The monoisotopic (exact) mass is 507 g/mol. The first kappa shape index (κ1) is 25.6. The smallest absolute Gasteiger partial charge is 0.251 e. The van der Waals surface area contributed by atoms with Crippen LogP contribution >= 0.6 is 11.6 Å². The summed E-state index contributed by atoms with van der Waals surface area (Å²) < 4.78 is 8.02. The average molecular weight is 508 g/mol. The highest BCUT2D eigenvalue weighted by Crippen LogP contribution is 2.34. The molecule has 1 atom stereocenters. The van der Waals surface area contributed by atoms with E-state index in [2.05, 4.69) is 15.4 Å². The van der Waals surface area contributed by atoms with Gasteiger partial charge in [0.15, 0.2) is 5.82 Å². The van der Waals surface area contributed by atoms with Crippen molar-refractivity contribution in [3.05, 3.63) is 70.1 Å². The van der Waals surface area contributed by atoms with E-state index in [9.17, 15) is 9.90 Å². The first-order chi connectivity index (χ1) is 17.0. The molecule has 188 valence electrons. The molecule has 2 aromatic carbocycles. The molecule has 0 spiro atoms. The van der Waals surface area contributed by atoms with Gasteiger partial charge in [0.1, 0.15) is 29.8 Å². The Kier molecular flexibility index (Phi) is 7.02. The van der Waals surface area contributed by atoms with Gasteiger partial charge in [-0.3, -0.25) is 4.79 Å². The van der Waals surface area contributed by atoms with Crippen molar-refractivity contribution in [3.8, 4) is 17.1 Å². The SMILES string of the molecule is Cc1cc(Cl)c(COc2cccc3c(-c4ncnn4C)cc(C)nc23)c([C@H](C)NC(=O)C(C)(C)O)c1. The predicted molar refractivity (Wildman–Crippen MR) is 140 cm³/mol. The van der Waals surface area contributed by atoms with Crippen LogP contribution in [0.15, 0.2) is 42.7 Å². The summed E-state index contributed by atoms with van der Waals surface area (Å²) in [5, 5.41) is 18.6. The lowest BCUT2D eigenvalue weighted by molar-refractivity contribution is -0.137. The highest BCUT2D eigenvalue weighted by molar-refractivity contribution is 6.31. The molecule has 0 unspecified atom stereocenters. The molecule has 2 heterocycles. The molecule has 9 heteroatoms. The molecular formula is C27H30ClN5O3. The number of aromatic nitrogens is 4. The predicted octanol–water partition coefficient (Wildman–Crippen LogP) is 4.83. The van der Waals surface area contributed by atoms with Crippen LogP contribution < -0.4 is 10.1 Å². The number of nitrogens with zero attached hydrogens (tertiary/aromatic N) is 4. The fraction of sp³-hybridized carbons (Fsp3) is 0.333. The highest BCUT2D eigenvalue weighted by Gasteiger charge is 2.26. The number of amides is 1. The van der Waals surface area contributed by atoms with Gasteiger partial charge in [0, 0.05) is 34.3 Å². The van der Waals surface area contributed by atoms with Crippen molar-refractivity contribution >= 4 is 28.4 Å². The van der Waals surface area contributed by atoms with E-state index in [1.165, 1.54) is 20.2 Å². The van der Waals surface area contributed by atoms with E-state index in [4.69, 9.17) is 21.3 Å². The van der Waals surface area contributed by atoms with Gasteiger partial charge in [-0.2, -0.15) is 5.10 Å². The lowest BCUT2D eigenvalue weighted by Crippen LogP contribution is -2.43. The van der Waals surface area contributed by atoms with E-state index < -0.39 is 17.6 Å². The van der Waals surface area contributed by atoms with Crippen LogP contribution in [0, 0.1) is 13.8 Å². The summed E-state index contributed by atoms with van der Waals surface area (Å²) in [6.45, 7) is 8.80. The molecule has 0 bridgehead atoms. The van der Waals surface area contributed by atoms with E-state index in [0.717, 1.165) is 39.2 Å². The Morgan fingerprint density at radius 2 is 2.00 bits per heavy atom. The first-order valence-electron chi connectivity index (χ1n) is 11.7. The second-order valence-electron chi connectivity index (χ2n) is 9.53. The fourth-order valence-electron chi connectivity index (χ4n) is 4.13. The summed E-state index contributed by atoms with van der Waals surface area (Å²) >= 11 is 6.65. The summed E-state index contributed by atoms with van der Waals surface area (Å²) in [6.07, 6.45) is 1.52. The van der Waals surface area contributed by atoms with Crippen LogP contribution in [0.25, 0.3) is 22.3 Å². The lowest BCUT2D eigenvalue weighted by atomic mass is 9.98. The summed E-state index contributed by atoms with van der Waals surface area (Å²) in [7, 11) is 1.85. The number of hydrogen-bond acceptors (Lipinski definition) is 6. The van der Waals surface area contributed by atoms with Crippen LogP contribution in [0.1, 0.15) is 49.2 Å². The van der Waals surface area contributed by atoms with Gasteiger partial charge in [-0.1, -0.05) is 29.8 Å². The number of carbonyl (C=O) groups is 1. The van der Waals surface area contributed by atoms with Gasteiger partial charge in [-0.25, -0.2) is 14.6 Å². The molecule has 0 aliphatic rings. The van der Waals surface area contributed by atoms with Gasteiger partial charge in [0.25, 0.3) is 5.91 Å². The number of rotatable bonds is 7. The van der Waals surface area contributed by atoms with Crippen LogP contribution in [0.5, 0.6) is 5.75 Å². The third-order valence-corrected chi connectivity index (χ3v) is 6.34. The number of nitrogens with one attached hydrogen (secondary N) is 1. The number of aliphatic hydroxyl groups is 1. The molecule has 2 N–H and O–H groups in total. The third kappa shape index (κ3) is 5.20. The number of halogens is 1. The Morgan fingerprint density at radius 3 is 2.67 bits per heavy atom. The van der Waals surface area contributed by atoms with E-state index in [-0.39, 0.29) is 6.61 Å². The van der Waals surface area contributed by atoms with Crippen LogP contribution in [-0.2, 0) is 18.4 Å². The molecule has 4 rings (SSSR count). The van der Waals surface area contributed by atoms with Gasteiger partial charge in [0.2, 0.25) is 0 Å². The molecule has 0 aliphatic carbocycles. The largest absolute Gasteiger partial charge is 0.487 e. The number of benzene rings is 2. The maximum absolute atomic E-state index is 12.4. The number of hydrogen-bond donors (Lipinski definition) is 2. The summed E-state index contributed by atoms with van der Waals surface area (Å²) in [5.41, 5.74) is 3.49. The minimum absolute atomic E-state index is 0.172. The van der Waals surface area contributed by atoms with Gasteiger partial charge in [-0.15, -0.1) is 0 Å². The number of aryl methyl sites for hydroxylation is 3. The minimum Gasteiger partial charge on any atom is -0.487 e. The first-order valence-corrected chi connectivity index (χ1v) is 12.0. The van der Waals surface area contributed by atoms with Gasteiger partial charge >= 0.3 is 0 Å². The van der Waals surface area contributed by atoms with Crippen molar-refractivity contribution in [2.75, 3.05) is 0 Å². The zero-order chi connectivity index (χ0) is 26.2. The van der Waals surface area contributed by atoms with Crippen LogP contribution in [0.3, 0.4) is 0 Å². The van der Waals surface area contributed by atoms with Crippen molar-refractivity contribution in [1.82, 2.24) is 25.1 Å². The Balaban J connectivity index is 1.70. The number of carbonyl (C=O) groups excluding carboxylic acids is 1. The Hall–Kier alpha value is -3.49. The van der Waals surface area contributed by atoms with Gasteiger partial charge in [0.05, 0.1) is 6.04 Å². The van der Waals surface area contributed by atoms with Crippen LogP contribution in [0.2, 0.25) is 5.02 Å². The molecule has 0 saturated heterocycles. The summed E-state index contributed by atoms with van der Waals surface area (Å²) in [5.74, 6) is 0.878. The zero-order valence-corrected chi connectivity index (χ0v) is 22.0. The van der Waals surface area contributed by atoms with Crippen LogP contribution in [0.4, 0.5) is 0 Å². The fourth-order valence-corrected chi connectivity index (χ4v) is 4.47. The van der Waals surface area contributed by atoms with Crippen LogP contribution in [-0.4, -0.2) is 36.4 Å². The minimum atomic E-state index is -1.49. The lowest BCUT2D eigenvalue weighted by Gasteiger charge is -2.24. The Bertz CT molecular complexity index is 1440. The summed E-state index contributed by atoms with van der Waals surface area (Å²) in [4.78, 5) is 21.5. The Morgan fingerprint density at radius 1 is 1.25 bits per heavy atom. The van der Waals surface area contributed by atoms with Crippen molar-refractivity contribution in [2.24, 2.45) is 7.05 Å². The normalized spacial score (nSPS) is 12.6. The van der Waals surface area contributed by atoms with Crippen molar-refractivity contribution < 1.29 is 14.6 Å². The number of para-hydroxylation sites is 1. The van der Waals surface area contributed by atoms with Crippen molar-refractivity contribution in [2.45, 2.75) is 52.9 Å². The molecule has 8 nitrogen and oxygen atoms in total. The quantitative estimate of drug-likeness (QED) is 0.371. The van der Waals surface area contributed by atoms with E-state index in [1.54, 1.807) is 4.68 Å². The molecule has 0 saturated carbocycles. The standard InChI is InChI=1S/C27H30ClN5O3/c1-15-10-19(17(3)32-26(34)27(4,5)35)21(22(28)11-15)13-36-23-9-7-8-18-20(12-16(2)31-24(18)23)25-29-14-30-33(25)6/h7-12,14,17,35H,13H2,1-6H3,(H,32,34)/t17-/m0/s1. The molecule has 36 heavy (non-hydrogen) atoms. The molecule has 0 radical (unpaired) electrons. The molecule has 0 fully saturated rings. The molecule has 2 aromatic heterocycles. The maximum Gasteiger partial charge on any atom is 0.251 e. The second kappa shape index (κ2) is 9.87. The topological polar surface area (TPSA) is 102 Å². The molecular weight excluding hydrogens is 478 g/mol. The van der Waals surface area contributed by atoms with Crippen molar-refractivity contribution in [3.63, 3.8) is 0 Å². The average Bonchev–Trinajstić information content (AvgIpc) is 3.22. The second-order valence-corrected chi connectivity index (χ2v) is 9.94. The molecule has 0 aliphatic heterocycles. The number of pyridine rings is 1. The Labute approximate surface area is 215 Å². The summed E-state index contributed by atoms with van der Waals surface area (Å²) in [6, 6.07) is 11.2. The van der Waals surface area contributed by atoms with Gasteiger partial charge < -0.3 is 15.2 Å². The zero-order valence-electron chi connectivity index (χ0n) is 21.3. The highest BCUT2D eigenvalue weighted by atomic mass is 35.5.